The van der Waals surface area contributed by atoms with Gasteiger partial charge in [-0.25, -0.2) is 0 Å². The zero-order valence-electron chi connectivity index (χ0n) is 13.1. The van der Waals surface area contributed by atoms with Crippen LogP contribution in [0.4, 0.5) is 0 Å². The molecule has 0 heterocycles. The fourth-order valence-electron chi connectivity index (χ4n) is 2.09. The van der Waals surface area contributed by atoms with Crippen molar-refractivity contribution in [1.29, 1.82) is 0 Å². The summed E-state index contributed by atoms with van der Waals surface area (Å²) in [7, 11) is 9.32. The van der Waals surface area contributed by atoms with E-state index in [4.69, 9.17) is 9.47 Å². The summed E-state index contributed by atoms with van der Waals surface area (Å²) in [6.07, 6.45) is 1.12. The van der Waals surface area contributed by atoms with Crippen molar-refractivity contribution in [3.63, 3.8) is 0 Å². The third kappa shape index (κ3) is 4.90. The zero-order valence-corrected chi connectivity index (χ0v) is 13.1. The Morgan fingerprint density at radius 2 is 1.55 bits per heavy atom. The minimum atomic E-state index is 0.0500. The van der Waals surface area contributed by atoms with E-state index in [2.05, 4.69) is 30.9 Å². The molecule has 0 aliphatic heterocycles. The molecule has 1 aromatic carbocycles. The molecule has 0 aromatic heterocycles. The Bertz CT molecular complexity index is 397. The smallest absolute Gasteiger partial charge is 0.200 e. The largest absolute Gasteiger partial charge is 0.502 e. The van der Waals surface area contributed by atoms with Crippen LogP contribution in [0.3, 0.4) is 0 Å². The van der Waals surface area contributed by atoms with Crippen LogP contribution in [-0.2, 0) is 6.54 Å². The van der Waals surface area contributed by atoms with E-state index in [0.29, 0.717) is 11.5 Å². The highest BCUT2D eigenvalue weighted by atomic mass is 16.5. The van der Waals surface area contributed by atoms with Gasteiger partial charge in [0.05, 0.1) is 14.2 Å². The number of hydrogen-bond acceptors (Lipinski definition) is 5. The number of hydrogen-bond donors (Lipinski definition) is 1. The van der Waals surface area contributed by atoms with E-state index in [1.165, 1.54) is 0 Å². The Morgan fingerprint density at radius 1 is 1.00 bits per heavy atom. The van der Waals surface area contributed by atoms with Gasteiger partial charge >= 0.3 is 0 Å². The van der Waals surface area contributed by atoms with Gasteiger partial charge in [0.1, 0.15) is 0 Å². The van der Waals surface area contributed by atoms with Crippen LogP contribution in [-0.4, -0.2) is 63.4 Å². The first-order valence-electron chi connectivity index (χ1n) is 6.75. The van der Waals surface area contributed by atoms with E-state index in [1.807, 2.05) is 12.1 Å². The molecule has 0 atom stereocenters. The topological polar surface area (TPSA) is 45.2 Å². The number of benzene rings is 1. The molecule has 1 aromatic rings. The molecule has 0 aliphatic carbocycles. The summed E-state index contributed by atoms with van der Waals surface area (Å²) in [4.78, 5) is 4.43. The highest BCUT2D eigenvalue weighted by Crippen LogP contribution is 2.37. The number of rotatable bonds is 8. The number of nitrogens with zero attached hydrogens (tertiary/aromatic N) is 2. The molecule has 114 valence electrons. The van der Waals surface area contributed by atoms with Gasteiger partial charge in [0.25, 0.3) is 0 Å². The molecule has 0 saturated heterocycles. The van der Waals surface area contributed by atoms with E-state index in [1.54, 1.807) is 14.2 Å². The van der Waals surface area contributed by atoms with Gasteiger partial charge in [0.2, 0.25) is 5.75 Å². The molecule has 0 aliphatic rings. The van der Waals surface area contributed by atoms with Crippen LogP contribution in [0.2, 0.25) is 0 Å². The lowest BCUT2D eigenvalue weighted by molar-refractivity contribution is 0.292. The first kappa shape index (κ1) is 16.6. The molecule has 0 unspecified atom stereocenters. The second kappa shape index (κ2) is 7.97. The minimum Gasteiger partial charge on any atom is -0.502 e. The molecule has 1 rings (SSSR count). The summed E-state index contributed by atoms with van der Waals surface area (Å²) in [5, 5.41) is 9.88. The molecule has 5 heteroatoms. The highest BCUT2D eigenvalue weighted by Gasteiger charge is 2.12. The van der Waals surface area contributed by atoms with Gasteiger partial charge in [-0.15, -0.1) is 0 Å². The molecular formula is C15H26N2O3. The number of phenolic OH excluding ortho intramolecular Hbond substituents is 1. The van der Waals surface area contributed by atoms with Crippen molar-refractivity contribution < 1.29 is 14.6 Å². The Morgan fingerprint density at radius 3 is 2.00 bits per heavy atom. The van der Waals surface area contributed by atoms with Crippen molar-refractivity contribution in [2.45, 2.75) is 13.0 Å². The first-order chi connectivity index (χ1) is 9.47. The normalized spacial score (nSPS) is 11.2. The predicted molar refractivity (Wildman–Crippen MR) is 80.7 cm³/mol. The molecule has 1 N–H and O–H groups in total. The van der Waals surface area contributed by atoms with Crippen LogP contribution in [0.25, 0.3) is 0 Å². The predicted octanol–water partition coefficient (Wildman–Crippen LogP) is 1.79. The molecule has 0 fully saturated rings. The lowest BCUT2D eigenvalue weighted by Crippen LogP contribution is -2.23. The average Bonchev–Trinajstić information content (AvgIpc) is 2.40. The van der Waals surface area contributed by atoms with E-state index < -0.39 is 0 Å². The molecule has 0 bridgehead atoms. The summed E-state index contributed by atoms with van der Waals surface area (Å²) in [6.45, 7) is 2.89. The lowest BCUT2D eigenvalue weighted by atomic mass is 10.1. The third-order valence-electron chi connectivity index (χ3n) is 3.14. The minimum absolute atomic E-state index is 0.0500. The fourth-order valence-corrected chi connectivity index (χ4v) is 2.09. The molecule has 0 spiro atoms. The maximum atomic E-state index is 9.88. The Labute approximate surface area is 121 Å². The van der Waals surface area contributed by atoms with Crippen molar-refractivity contribution in [2.24, 2.45) is 0 Å². The second-order valence-electron chi connectivity index (χ2n) is 5.24. The van der Waals surface area contributed by atoms with Crippen molar-refractivity contribution in [3.8, 4) is 17.2 Å². The van der Waals surface area contributed by atoms with Crippen molar-refractivity contribution >= 4 is 0 Å². The monoisotopic (exact) mass is 282 g/mol. The van der Waals surface area contributed by atoms with E-state index in [0.717, 1.165) is 31.6 Å². The van der Waals surface area contributed by atoms with Crippen LogP contribution >= 0.6 is 0 Å². The van der Waals surface area contributed by atoms with Gasteiger partial charge in [-0.05, 0) is 58.3 Å². The van der Waals surface area contributed by atoms with Gasteiger partial charge in [-0.3, -0.25) is 0 Å². The van der Waals surface area contributed by atoms with Crippen LogP contribution in [0.15, 0.2) is 12.1 Å². The summed E-state index contributed by atoms with van der Waals surface area (Å²) in [5.41, 5.74) is 1.06. The third-order valence-corrected chi connectivity index (χ3v) is 3.14. The Balaban J connectivity index is 2.67. The van der Waals surface area contributed by atoms with Gasteiger partial charge < -0.3 is 24.4 Å². The number of ether oxygens (including phenoxy) is 2. The maximum absolute atomic E-state index is 9.88. The van der Waals surface area contributed by atoms with Crippen molar-refractivity contribution in [1.82, 2.24) is 9.80 Å². The quantitative estimate of drug-likeness (QED) is 0.787. The molecule has 0 radical (unpaired) electrons. The van der Waals surface area contributed by atoms with Crippen molar-refractivity contribution in [2.75, 3.05) is 48.5 Å². The SMILES string of the molecule is COc1cc(CN(C)CCCN(C)C)cc(OC)c1O. The van der Waals surface area contributed by atoms with Crippen LogP contribution in [0, 0.1) is 0 Å². The van der Waals surface area contributed by atoms with Crippen molar-refractivity contribution in [3.05, 3.63) is 17.7 Å². The van der Waals surface area contributed by atoms with Gasteiger partial charge in [-0.2, -0.15) is 0 Å². The first-order valence-corrected chi connectivity index (χ1v) is 6.75. The van der Waals surface area contributed by atoms with E-state index in [9.17, 15) is 5.11 Å². The van der Waals surface area contributed by atoms with Crippen LogP contribution in [0.1, 0.15) is 12.0 Å². The molecule has 0 amide bonds. The van der Waals surface area contributed by atoms with Crippen LogP contribution in [0.5, 0.6) is 17.2 Å². The summed E-state index contributed by atoms with van der Waals surface area (Å²) in [6, 6.07) is 3.70. The van der Waals surface area contributed by atoms with Crippen LogP contribution < -0.4 is 9.47 Å². The molecule has 20 heavy (non-hydrogen) atoms. The Hall–Kier alpha value is -1.46. The maximum Gasteiger partial charge on any atom is 0.200 e. The number of aromatic hydroxyl groups is 1. The molecular weight excluding hydrogens is 256 g/mol. The summed E-state index contributed by atoms with van der Waals surface area (Å²) in [5.74, 6) is 0.941. The zero-order chi connectivity index (χ0) is 15.1. The second-order valence-corrected chi connectivity index (χ2v) is 5.24. The summed E-state index contributed by atoms with van der Waals surface area (Å²) < 4.78 is 10.3. The van der Waals surface area contributed by atoms with E-state index in [-0.39, 0.29) is 5.75 Å². The Kier molecular flexibility index (Phi) is 6.61. The van der Waals surface area contributed by atoms with Gasteiger partial charge in [0.15, 0.2) is 11.5 Å². The highest BCUT2D eigenvalue weighted by molar-refractivity contribution is 5.52. The standard InChI is InChI=1S/C15H26N2O3/c1-16(2)7-6-8-17(3)11-12-9-13(19-4)15(18)14(10-12)20-5/h9-10,18H,6-8,11H2,1-5H3. The average molecular weight is 282 g/mol. The van der Waals surface area contributed by atoms with Gasteiger partial charge in [-0.1, -0.05) is 0 Å². The van der Waals surface area contributed by atoms with Gasteiger partial charge in [0, 0.05) is 6.54 Å². The summed E-state index contributed by atoms with van der Waals surface area (Å²) >= 11 is 0. The molecule has 0 saturated carbocycles. The fraction of sp³-hybridized carbons (Fsp3) is 0.600. The number of methoxy groups -OCH3 is 2. The van der Waals surface area contributed by atoms with E-state index >= 15 is 0 Å². The number of phenols is 1. The lowest BCUT2D eigenvalue weighted by Gasteiger charge is -2.19. The molecule has 5 nitrogen and oxygen atoms in total.